The number of nitrogens with one attached hydrogen (secondary N) is 1. The number of likely N-dealkylation sites (tertiary alicyclic amines) is 1. The van der Waals surface area contributed by atoms with Crippen LogP contribution in [0.5, 0.6) is 0 Å². The molecule has 3 rings (SSSR count). The average Bonchev–Trinajstić information content (AvgIpc) is 3.11. The molecule has 0 radical (unpaired) electrons. The van der Waals surface area contributed by atoms with Crippen LogP contribution in [0.4, 0.5) is 5.69 Å². The summed E-state index contributed by atoms with van der Waals surface area (Å²) in [5.41, 5.74) is 1.88. The average molecular weight is 407 g/mol. The van der Waals surface area contributed by atoms with Crippen molar-refractivity contribution in [2.45, 2.75) is 19.8 Å². The normalized spacial score (nSPS) is 15.3. The van der Waals surface area contributed by atoms with E-state index >= 15 is 0 Å². The molecule has 2 amide bonds. The number of carbonyl (C=O) groups is 2. The number of amides is 2. The molecule has 1 N–H and O–H groups in total. The number of rotatable bonds is 3. The van der Waals surface area contributed by atoms with Crippen molar-refractivity contribution in [3.05, 3.63) is 50.6 Å². The third kappa shape index (κ3) is 3.87. The maximum Gasteiger partial charge on any atom is 0.263 e. The highest BCUT2D eigenvalue weighted by Gasteiger charge is 2.28. The highest BCUT2D eigenvalue weighted by Crippen LogP contribution is 2.24. The van der Waals surface area contributed by atoms with Crippen molar-refractivity contribution >= 4 is 44.8 Å². The number of nitrogens with zero attached hydrogens (tertiary/aromatic N) is 1. The predicted molar refractivity (Wildman–Crippen MR) is 100 cm³/mol. The zero-order valence-electron chi connectivity index (χ0n) is 13.4. The monoisotopic (exact) mass is 406 g/mol. The van der Waals surface area contributed by atoms with Crippen LogP contribution in [0.15, 0.2) is 40.2 Å². The van der Waals surface area contributed by atoms with Gasteiger partial charge < -0.3 is 10.2 Å². The number of piperidine rings is 1. The van der Waals surface area contributed by atoms with Crippen LogP contribution in [0.2, 0.25) is 0 Å². The number of aryl methyl sites for hydroxylation is 1. The van der Waals surface area contributed by atoms with Gasteiger partial charge in [-0.05, 0) is 55.0 Å². The second-order valence-corrected chi connectivity index (χ2v) is 7.86. The molecule has 1 aromatic carbocycles. The van der Waals surface area contributed by atoms with Crippen molar-refractivity contribution in [2.24, 2.45) is 5.92 Å². The number of hydrogen-bond acceptors (Lipinski definition) is 3. The zero-order valence-corrected chi connectivity index (χ0v) is 15.8. The standard InChI is InChI=1S/C18H19BrN2O2S/c1-12-11-14(19)4-5-15(12)20-17(22)13-6-8-21(9-7-13)18(23)16-3-2-10-24-16/h2-5,10-11,13H,6-9H2,1H3,(H,20,22). The van der Waals surface area contributed by atoms with E-state index < -0.39 is 0 Å². The van der Waals surface area contributed by atoms with Crippen LogP contribution < -0.4 is 5.32 Å². The van der Waals surface area contributed by atoms with Crippen LogP contribution in [0.3, 0.4) is 0 Å². The van der Waals surface area contributed by atoms with Gasteiger partial charge in [0, 0.05) is 29.2 Å². The maximum atomic E-state index is 12.5. The lowest BCUT2D eigenvalue weighted by molar-refractivity contribution is -0.121. The minimum absolute atomic E-state index is 0.0413. The third-order valence-electron chi connectivity index (χ3n) is 4.33. The van der Waals surface area contributed by atoms with Crippen molar-refractivity contribution in [3.63, 3.8) is 0 Å². The smallest absolute Gasteiger partial charge is 0.263 e. The fourth-order valence-corrected chi connectivity index (χ4v) is 4.07. The lowest BCUT2D eigenvalue weighted by Gasteiger charge is -2.31. The first-order chi connectivity index (χ1) is 11.5. The summed E-state index contributed by atoms with van der Waals surface area (Å²) in [6, 6.07) is 9.55. The van der Waals surface area contributed by atoms with Crippen LogP contribution in [0.1, 0.15) is 28.1 Å². The number of anilines is 1. The quantitative estimate of drug-likeness (QED) is 0.825. The highest BCUT2D eigenvalue weighted by atomic mass is 79.9. The van der Waals surface area contributed by atoms with E-state index in [1.807, 2.05) is 47.5 Å². The lowest BCUT2D eigenvalue weighted by atomic mass is 9.95. The molecule has 0 unspecified atom stereocenters. The zero-order chi connectivity index (χ0) is 17.1. The molecule has 0 atom stereocenters. The summed E-state index contributed by atoms with van der Waals surface area (Å²) in [7, 11) is 0. The van der Waals surface area contributed by atoms with Crippen LogP contribution in [-0.4, -0.2) is 29.8 Å². The molecule has 4 nitrogen and oxygen atoms in total. The Hall–Kier alpha value is -1.66. The fraction of sp³-hybridized carbons (Fsp3) is 0.333. The van der Waals surface area contributed by atoms with Gasteiger partial charge in [0.25, 0.3) is 5.91 Å². The molecule has 1 aromatic heterocycles. The largest absolute Gasteiger partial charge is 0.338 e. The van der Waals surface area contributed by atoms with Gasteiger partial charge in [-0.25, -0.2) is 0 Å². The van der Waals surface area contributed by atoms with Gasteiger partial charge in [-0.3, -0.25) is 9.59 Å². The Morgan fingerprint density at radius 3 is 2.62 bits per heavy atom. The van der Waals surface area contributed by atoms with E-state index in [0.29, 0.717) is 25.9 Å². The molecule has 1 aliphatic heterocycles. The summed E-state index contributed by atoms with van der Waals surface area (Å²) in [5.74, 6) is 0.0803. The highest BCUT2D eigenvalue weighted by molar-refractivity contribution is 9.10. The second-order valence-electron chi connectivity index (χ2n) is 5.99. The molecule has 1 fully saturated rings. The number of halogens is 1. The Labute approximate surface area is 154 Å². The van der Waals surface area contributed by atoms with Crippen molar-refractivity contribution in [1.29, 1.82) is 0 Å². The van der Waals surface area contributed by atoms with Crippen LogP contribution >= 0.6 is 27.3 Å². The van der Waals surface area contributed by atoms with E-state index in [2.05, 4.69) is 21.2 Å². The Morgan fingerprint density at radius 2 is 2.00 bits per heavy atom. The Bertz CT molecular complexity index is 737. The Kier molecular flexibility index (Phi) is 5.36. The van der Waals surface area contributed by atoms with Gasteiger partial charge in [0.1, 0.15) is 0 Å². The van der Waals surface area contributed by atoms with Crippen molar-refractivity contribution < 1.29 is 9.59 Å². The molecule has 24 heavy (non-hydrogen) atoms. The SMILES string of the molecule is Cc1cc(Br)ccc1NC(=O)C1CCN(C(=O)c2cccs2)CC1. The number of hydrogen-bond donors (Lipinski definition) is 1. The molecule has 2 heterocycles. The number of thiophene rings is 1. The van der Waals surface area contributed by atoms with E-state index in [-0.39, 0.29) is 17.7 Å². The van der Waals surface area contributed by atoms with Gasteiger partial charge in [0.2, 0.25) is 5.91 Å². The molecule has 0 aliphatic carbocycles. The Balaban J connectivity index is 1.56. The summed E-state index contributed by atoms with van der Waals surface area (Å²) in [6.07, 6.45) is 1.41. The first-order valence-electron chi connectivity index (χ1n) is 7.94. The fourth-order valence-electron chi connectivity index (χ4n) is 2.90. The molecule has 1 saturated heterocycles. The predicted octanol–water partition coefficient (Wildman–Crippen LogP) is 4.31. The molecule has 0 bridgehead atoms. The van der Waals surface area contributed by atoms with E-state index in [1.165, 1.54) is 11.3 Å². The van der Waals surface area contributed by atoms with Gasteiger partial charge in [-0.1, -0.05) is 22.0 Å². The molecular formula is C18H19BrN2O2S. The Morgan fingerprint density at radius 1 is 1.25 bits per heavy atom. The number of carbonyl (C=O) groups excluding carboxylic acids is 2. The van der Waals surface area contributed by atoms with Crippen LogP contribution in [0, 0.1) is 12.8 Å². The van der Waals surface area contributed by atoms with E-state index in [4.69, 9.17) is 0 Å². The summed E-state index contributed by atoms with van der Waals surface area (Å²) >= 11 is 4.89. The van der Waals surface area contributed by atoms with E-state index in [1.54, 1.807) is 0 Å². The lowest BCUT2D eigenvalue weighted by Crippen LogP contribution is -2.41. The molecule has 126 valence electrons. The summed E-state index contributed by atoms with van der Waals surface area (Å²) in [4.78, 5) is 27.4. The van der Waals surface area contributed by atoms with Gasteiger partial charge >= 0.3 is 0 Å². The minimum Gasteiger partial charge on any atom is -0.338 e. The van der Waals surface area contributed by atoms with Crippen LogP contribution in [0.25, 0.3) is 0 Å². The van der Waals surface area contributed by atoms with Crippen molar-refractivity contribution in [2.75, 3.05) is 18.4 Å². The second kappa shape index (κ2) is 7.49. The van der Waals surface area contributed by atoms with Gasteiger partial charge in [-0.2, -0.15) is 0 Å². The molecule has 2 aromatic rings. The molecule has 0 saturated carbocycles. The van der Waals surface area contributed by atoms with Gasteiger partial charge in [0.15, 0.2) is 0 Å². The molecular weight excluding hydrogens is 388 g/mol. The minimum atomic E-state index is -0.0413. The third-order valence-corrected chi connectivity index (χ3v) is 5.68. The van der Waals surface area contributed by atoms with Crippen molar-refractivity contribution in [3.8, 4) is 0 Å². The summed E-state index contributed by atoms with van der Waals surface area (Å²) in [6.45, 7) is 3.24. The van der Waals surface area contributed by atoms with Crippen LogP contribution in [-0.2, 0) is 4.79 Å². The first kappa shape index (κ1) is 17.2. The molecule has 1 aliphatic rings. The number of benzene rings is 1. The summed E-state index contributed by atoms with van der Waals surface area (Å²) in [5, 5.41) is 4.93. The topological polar surface area (TPSA) is 49.4 Å². The van der Waals surface area contributed by atoms with Crippen molar-refractivity contribution in [1.82, 2.24) is 4.90 Å². The van der Waals surface area contributed by atoms with E-state index in [0.717, 1.165) is 20.6 Å². The molecule has 0 spiro atoms. The van der Waals surface area contributed by atoms with Gasteiger partial charge in [0.05, 0.1) is 4.88 Å². The first-order valence-corrected chi connectivity index (χ1v) is 9.61. The summed E-state index contributed by atoms with van der Waals surface area (Å²) < 4.78 is 0.999. The molecule has 6 heteroatoms. The van der Waals surface area contributed by atoms with Gasteiger partial charge in [-0.15, -0.1) is 11.3 Å². The maximum absolute atomic E-state index is 12.5. The van der Waals surface area contributed by atoms with E-state index in [9.17, 15) is 9.59 Å².